The number of aromatic nitrogens is 2. The van der Waals surface area contributed by atoms with Crippen molar-refractivity contribution in [1.82, 2.24) is 14.9 Å². The highest BCUT2D eigenvalue weighted by Crippen LogP contribution is 2.47. The maximum atomic E-state index is 5.63. The second-order valence-corrected chi connectivity index (χ2v) is 8.95. The van der Waals surface area contributed by atoms with Crippen molar-refractivity contribution in [2.24, 2.45) is 0 Å². The number of benzene rings is 1. The molecular formula is C24H34N4O2. The minimum Gasteiger partial charge on any atom is -0.493 e. The topological polar surface area (TPSA) is 59.5 Å². The molecule has 30 heavy (non-hydrogen) atoms. The number of nitrogens with zero attached hydrogens (tertiary/aromatic N) is 3. The number of hydrogen-bond acceptors (Lipinski definition) is 6. The van der Waals surface area contributed by atoms with E-state index >= 15 is 0 Å². The van der Waals surface area contributed by atoms with Gasteiger partial charge in [-0.1, -0.05) is 12.1 Å². The first-order chi connectivity index (χ1) is 14.5. The number of likely N-dealkylation sites (tertiary alicyclic amines) is 1. The maximum Gasteiger partial charge on any atom is 0.165 e. The molecule has 6 heteroatoms. The van der Waals surface area contributed by atoms with Gasteiger partial charge in [0.15, 0.2) is 11.5 Å². The van der Waals surface area contributed by atoms with Gasteiger partial charge in [-0.2, -0.15) is 0 Å². The van der Waals surface area contributed by atoms with Crippen LogP contribution in [0.25, 0.3) is 0 Å². The Kier molecular flexibility index (Phi) is 5.87. The molecule has 1 aliphatic heterocycles. The lowest BCUT2D eigenvalue weighted by atomic mass is 9.76. The third-order valence-electron chi connectivity index (χ3n) is 6.59. The Labute approximate surface area is 180 Å². The van der Waals surface area contributed by atoms with E-state index in [1.54, 1.807) is 14.2 Å². The molecule has 6 nitrogen and oxygen atoms in total. The van der Waals surface area contributed by atoms with Gasteiger partial charge in [0.05, 0.1) is 19.9 Å². The van der Waals surface area contributed by atoms with E-state index in [9.17, 15) is 0 Å². The molecule has 162 valence electrons. The molecule has 2 aliphatic rings. The summed E-state index contributed by atoms with van der Waals surface area (Å²) in [5.41, 5.74) is 4.03. The molecule has 1 aliphatic carbocycles. The van der Waals surface area contributed by atoms with Gasteiger partial charge in [0.25, 0.3) is 0 Å². The average Bonchev–Trinajstić information content (AvgIpc) is 3.07. The van der Waals surface area contributed by atoms with Crippen molar-refractivity contribution < 1.29 is 9.47 Å². The van der Waals surface area contributed by atoms with E-state index in [4.69, 9.17) is 19.4 Å². The zero-order chi connectivity index (χ0) is 21.3. The van der Waals surface area contributed by atoms with Crippen LogP contribution in [0.1, 0.15) is 55.8 Å². The first kappa shape index (κ1) is 20.9. The number of anilines is 1. The zero-order valence-corrected chi connectivity index (χ0v) is 18.9. The quantitative estimate of drug-likeness (QED) is 0.774. The van der Waals surface area contributed by atoms with Crippen molar-refractivity contribution in [1.29, 1.82) is 0 Å². The van der Waals surface area contributed by atoms with E-state index in [0.29, 0.717) is 6.04 Å². The molecule has 0 saturated carbocycles. The summed E-state index contributed by atoms with van der Waals surface area (Å²) in [4.78, 5) is 12.2. The monoisotopic (exact) mass is 410 g/mol. The van der Waals surface area contributed by atoms with E-state index in [0.717, 1.165) is 62.0 Å². The van der Waals surface area contributed by atoms with Crippen LogP contribution >= 0.6 is 0 Å². The lowest BCUT2D eigenvalue weighted by Gasteiger charge is -2.39. The van der Waals surface area contributed by atoms with Crippen molar-refractivity contribution in [2.45, 2.75) is 64.5 Å². The summed E-state index contributed by atoms with van der Waals surface area (Å²) in [6.45, 7) is 9.36. The largest absolute Gasteiger partial charge is 0.493 e. The van der Waals surface area contributed by atoms with Crippen molar-refractivity contribution >= 4 is 5.82 Å². The molecule has 1 fully saturated rings. The van der Waals surface area contributed by atoms with E-state index in [2.05, 4.69) is 30.1 Å². The Morgan fingerprint density at radius 1 is 1.10 bits per heavy atom. The Hall–Kier alpha value is -2.34. The molecule has 0 radical (unpaired) electrons. The summed E-state index contributed by atoms with van der Waals surface area (Å²) in [5.74, 6) is 3.57. The van der Waals surface area contributed by atoms with Gasteiger partial charge in [-0.3, -0.25) is 4.90 Å². The molecule has 2 heterocycles. The summed E-state index contributed by atoms with van der Waals surface area (Å²) in [7, 11) is 3.41. The molecule has 0 bridgehead atoms. The fourth-order valence-corrected chi connectivity index (χ4v) is 5.09. The van der Waals surface area contributed by atoms with Gasteiger partial charge >= 0.3 is 0 Å². The SMILES string of the molecule is COc1cccc(CN2CCC3(CCc4c(NC(C)C)nc(C)nc43)CC2)c1OC. The average molecular weight is 411 g/mol. The number of para-hydroxylation sites is 1. The van der Waals surface area contributed by atoms with E-state index in [1.807, 2.05) is 19.1 Å². The molecule has 0 amide bonds. The molecule has 0 atom stereocenters. The molecule has 1 N–H and O–H groups in total. The number of hydrogen-bond donors (Lipinski definition) is 1. The molecule has 1 aromatic carbocycles. The van der Waals surface area contributed by atoms with Crippen LogP contribution in [0.15, 0.2) is 18.2 Å². The smallest absolute Gasteiger partial charge is 0.165 e. The fourth-order valence-electron chi connectivity index (χ4n) is 5.09. The first-order valence-electron chi connectivity index (χ1n) is 11.0. The van der Waals surface area contributed by atoms with Crippen molar-refractivity contribution in [3.05, 3.63) is 40.8 Å². The molecule has 1 aromatic heterocycles. The lowest BCUT2D eigenvalue weighted by Crippen LogP contribution is -2.41. The Bertz CT molecular complexity index is 904. The van der Waals surface area contributed by atoms with Gasteiger partial charge in [0.2, 0.25) is 0 Å². The first-order valence-corrected chi connectivity index (χ1v) is 11.0. The van der Waals surface area contributed by atoms with Gasteiger partial charge in [0.1, 0.15) is 11.6 Å². The highest BCUT2D eigenvalue weighted by atomic mass is 16.5. The molecule has 1 saturated heterocycles. The van der Waals surface area contributed by atoms with Crippen LogP contribution in [0, 0.1) is 6.92 Å². The molecule has 2 aromatic rings. The summed E-state index contributed by atoms with van der Waals surface area (Å²) in [6, 6.07) is 6.50. The molecule has 1 spiro atoms. The van der Waals surface area contributed by atoms with Gasteiger partial charge in [0, 0.05) is 29.1 Å². The summed E-state index contributed by atoms with van der Waals surface area (Å²) in [5, 5.41) is 3.55. The molecule has 4 rings (SSSR count). The number of rotatable bonds is 6. The van der Waals surface area contributed by atoms with Crippen LogP contribution in [0.3, 0.4) is 0 Å². The van der Waals surface area contributed by atoms with Crippen LogP contribution in [0.5, 0.6) is 11.5 Å². The maximum absolute atomic E-state index is 5.63. The third kappa shape index (κ3) is 3.85. The normalized spacial score (nSPS) is 17.9. The number of methoxy groups -OCH3 is 2. The number of nitrogens with one attached hydrogen (secondary N) is 1. The van der Waals surface area contributed by atoms with Crippen LogP contribution < -0.4 is 14.8 Å². The Balaban J connectivity index is 1.51. The Morgan fingerprint density at radius 2 is 1.87 bits per heavy atom. The van der Waals surface area contributed by atoms with Crippen molar-refractivity contribution in [3.8, 4) is 11.5 Å². The van der Waals surface area contributed by atoms with E-state index in [-0.39, 0.29) is 5.41 Å². The standard InChI is InChI=1S/C24H34N4O2/c1-16(2)25-23-19-9-10-24(22(19)26-17(3)27-23)11-13-28(14-12-24)15-18-7-6-8-20(29-4)21(18)30-5/h6-8,16H,9-15H2,1-5H3,(H,25,26,27). The van der Waals surface area contributed by atoms with Crippen molar-refractivity contribution in [3.63, 3.8) is 0 Å². The predicted octanol–water partition coefficient (Wildman–Crippen LogP) is 4.10. The van der Waals surface area contributed by atoms with Crippen LogP contribution in [0.4, 0.5) is 5.82 Å². The summed E-state index contributed by atoms with van der Waals surface area (Å²) >= 11 is 0. The van der Waals surface area contributed by atoms with Gasteiger partial charge in [-0.05, 0) is 65.6 Å². The van der Waals surface area contributed by atoms with Gasteiger partial charge in [-0.25, -0.2) is 9.97 Å². The Morgan fingerprint density at radius 3 is 2.53 bits per heavy atom. The number of ether oxygens (including phenoxy) is 2. The van der Waals surface area contributed by atoms with E-state index < -0.39 is 0 Å². The second kappa shape index (κ2) is 8.42. The van der Waals surface area contributed by atoms with Gasteiger partial charge in [-0.15, -0.1) is 0 Å². The van der Waals surface area contributed by atoms with Crippen LogP contribution in [-0.4, -0.2) is 48.2 Å². The van der Waals surface area contributed by atoms with Crippen LogP contribution in [-0.2, 0) is 18.4 Å². The molecular weight excluding hydrogens is 376 g/mol. The summed E-state index contributed by atoms with van der Waals surface area (Å²) in [6.07, 6.45) is 4.55. The minimum absolute atomic E-state index is 0.200. The van der Waals surface area contributed by atoms with Gasteiger partial charge < -0.3 is 14.8 Å². The predicted molar refractivity (Wildman–Crippen MR) is 120 cm³/mol. The summed E-state index contributed by atoms with van der Waals surface area (Å²) < 4.78 is 11.1. The second-order valence-electron chi connectivity index (χ2n) is 8.95. The fraction of sp³-hybridized carbons (Fsp3) is 0.583. The van der Waals surface area contributed by atoms with E-state index in [1.165, 1.54) is 23.2 Å². The lowest BCUT2D eigenvalue weighted by molar-refractivity contribution is 0.148. The minimum atomic E-state index is 0.200. The zero-order valence-electron chi connectivity index (χ0n) is 18.9. The number of fused-ring (bicyclic) bond motifs is 2. The number of aryl methyl sites for hydroxylation is 1. The number of piperidine rings is 1. The molecule has 0 unspecified atom stereocenters. The van der Waals surface area contributed by atoms with Crippen LogP contribution in [0.2, 0.25) is 0 Å². The highest BCUT2D eigenvalue weighted by molar-refractivity contribution is 5.52. The highest BCUT2D eigenvalue weighted by Gasteiger charge is 2.44. The van der Waals surface area contributed by atoms with Crippen molar-refractivity contribution in [2.75, 3.05) is 32.6 Å². The third-order valence-corrected chi connectivity index (χ3v) is 6.59.